The van der Waals surface area contributed by atoms with E-state index in [0.29, 0.717) is 36.2 Å². The summed E-state index contributed by atoms with van der Waals surface area (Å²) in [6.07, 6.45) is 0. The molecule has 1 aliphatic rings. The van der Waals surface area contributed by atoms with Crippen LogP contribution < -0.4 is 24.4 Å². The molecule has 3 aromatic carbocycles. The van der Waals surface area contributed by atoms with E-state index in [4.69, 9.17) is 14.2 Å². The molecule has 0 unspecified atom stereocenters. The average Bonchev–Trinajstić information content (AvgIpc) is 2.86. The van der Waals surface area contributed by atoms with E-state index in [0.717, 1.165) is 11.6 Å². The summed E-state index contributed by atoms with van der Waals surface area (Å²) in [5.41, 5.74) is 3.70. The molecule has 12 heteroatoms. The van der Waals surface area contributed by atoms with Gasteiger partial charge in [-0.2, -0.15) is 5.10 Å². The first-order chi connectivity index (χ1) is 16.8. The molecule has 0 bridgehead atoms. The quantitative estimate of drug-likeness (QED) is 0.270. The predicted octanol–water partition coefficient (Wildman–Crippen LogP) is 4.01. The Kier molecular flexibility index (Phi) is 6.73. The zero-order valence-corrected chi connectivity index (χ0v) is 19.7. The molecule has 0 saturated carbocycles. The molecule has 0 radical (unpaired) electrons. The number of ether oxygens (including phenoxy) is 3. The molecule has 1 aliphatic heterocycles. The van der Waals surface area contributed by atoms with Gasteiger partial charge in [0, 0.05) is 11.6 Å². The van der Waals surface area contributed by atoms with Crippen LogP contribution in [0, 0.1) is 10.1 Å². The fraction of sp³-hybridized carbons (Fsp3) is 0.174. The van der Waals surface area contributed by atoms with Crippen LogP contribution in [0.5, 0.6) is 17.2 Å². The molecule has 182 valence electrons. The normalized spacial score (nSPS) is 13.1. The molecular formula is C23H22N4O7S. The van der Waals surface area contributed by atoms with Gasteiger partial charge < -0.3 is 14.2 Å². The van der Waals surface area contributed by atoms with Crippen molar-refractivity contribution < 1.29 is 27.6 Å². The predicted molar refractivity (Wildman–Crippen MR) is 130 cm³/mol. The maximum Gasteiger partial charge on any atom is 0.295 e. The molecule has 3 aromatic rings. The first-order valence-electron chi connectivity index (χ1n) is 10.4. The van der Waals surface area contributed by atoms with E-state index < -0.39 is 20.6 Å². The van der Waals surface area contributed by atoms with Crippen LogP contribution in [-0.4, -0.2) is 39.4 Å². The second-order valence-electron chi connectivity index (χ2n) is 7.41. The summed E-state index contributed by atoms with van der Waals surface area (Å²) in [4.78, 5) is 10.7. The molecule has 1 heterocycles. The number of hydrazone groups is 1. The minimum atomic E-state index is -4.13. The van der Waals surface area contributed by atoms with Crippen molar-refractivity contribution in [2.45, 2.75) is 11.8 Å². The molecule has 35 heavy (non-hydrogen) atoms. The molecule has 0 atom stereocenters. The molecule has 0 amide bonds. The summed E-state index contributed by atoms with van der Waals surface area (Å²) in [5.74, 6) is 1.54. The third-order valence-electron chi connectivity index (χ3n) is 5.13. The lowest BCUT2D eigenvalue weighted by atomic mass is 10.1. The number of methoxy groups -OCH3 is 1. The van der Waals surface area contributed by atoms with E-state index in [1.54, 1.807) is 43.3 Å². The third kappa shape index (κ3) is 5.27. The van der Waals surface area contributed by atoms with Gasteiger partial charge in [-0.25, -0.2) is 8.42 Å². The molecular weight excluding hydrogens is 476 g/mol. The highest BCUT2D eigenvalue weighted by Gasteiger charge is 2.23. The van der Waals surface area contributed by atoms with Crippen molar-refractivity contribution in [3.8, 4) is 17.2 Å². The van der Waals surface area contributed by atoms with Gasteiger partial charge in [0.25, 0.3) is 15.7 Å². The number of hydrogen-bond donors (Lipinski definition) is 2. The molecule has 11 nitrogen and oxygen atoms in total. The lowest BCUT2D eigenvalue weighted by molar-refractivity contribution is -0.384. The molecule has 0 aromatic heterocycles. The lowest BCUT2D eigenvalue weighted by Crippen LogP contribution is -2.15. The SMILES string of the molecule is COc1ccccc1NS(=O)(=O)c1ccc(NN=C(C)c2ccc3c(c2)OCCO3)c([N+](=O)[O-])c1. The van der Waals surface area contributed by atoms with Crippen molar-refractivity contribution in [1.82, 2.24) is 0 Å². The van der Waals surface area contributed by atoms with Gasteiger partial charge in [0.15, 0.2) is 11.5 Å². The number of benzene rings is 3. The fourth-order valence-electron chi connectivity index (χ4n) is 3.33. The maximum atomic E-state index is 12.9. The van der Waals surface area contributed by atoms with Gasteiger partial charge in [-0.05, 0) is 49.4 Å². The van der Waals surface area contributed by atoms with E-state index in [-0.39, 0.29) is 16.3 Å². The number of para-hydroxylation sites is 2. The lowest BCUT2D eigenvalue weighted by Gasteiger charge is -2.18. The standard InChI is InChI=1S/C23H22N4O7S/c1-15(16-7-10-22-23(13-16)34-12-11-33-22)24-25-18-9-8-17(14-20(18)27(28)29)35(30,31)26-19-5-3-4-6-21(19)32-2/h3-10,13-14,25-26H,11-12H2,1-2H3. The van der Waals surface area contributed by atoms with Gasteiger partial charge in [-0.1, -0.05) is 12.1 Å². The number of anilines is 2. The Balaban J connectivity index is 1.58. The first-order valence-corrected chi connectivity index (χ1v) is 11.9. The van der Waals surface area contributed by atoms with Crippen LogP contribution >= 0.6 is 0 Å². The Morgan fingerprint density at radius 3 is 2.51 bits per heavy atom. The largest absolute Gasteiger partial charge is 0.495 e. The van der Waals surface area contributed by atoms with Crippen molar-refractivity contribution in [2.24, 2.45) is 5.10 Å². The Morgan fingerprint density at radius 2 is 1.77 bits per heavy atom. The van der Waals surface area contributed by atoms with Crippen LogP contribution in [0.3, 0.4) is 0 Å². The van der Waals surface area contributed by atoms with Crippen molar-refractivity contribution in [1.29, 1.82) is 0 Å². The first kappa shape index (κ1) is 23.8. The van der Waals surface area contributed by atoms with Gasteiger partial charge >= 0.3 is 0 Å². The summed E-state index contributed by atoms with van der Waals surface area (Å²) in [6.45, 7) is 2.64. The van der Waals surface area contributed by atoms with Crippen LogP contribution in [0.1, 0.15) is 12.5 Å². The average molecular weight is 499 g/mol. The summed E-state index contributed by atoms with van der Waals surface area (Å²) in [5, 5.41) is 15.9. The van der Waals surface area contributed by atoms with E-state index in [1.807, 2.05) is 0 Å². The van der Waals surface area contributed by atoms with Gasteiger partial charge in [0.2, 0.25) is 0 Å². The minimum Gasteiger partial charge on any atom is -0.495 e. The van der Waals surface area contributed by atoms with Crippen LogP contribution in [0.15, 0.2) is 70.7 Å². The Morgan fingerprint density at radius 1 is 1.03 bits per heavy atom. The molecule has 0 fully saturated rings. The van der Waals surface area contributed by atoms with E-state index in [1.165, 1.54) is 25.3 Å². The third-order valence-corrected chi connectivity index (χ3v) is 6.49. The van der Waals surface area contributed by atoms with Crippen molar-refractivity contribution in [3.63, 3.8) is 0 Å². The van der Waals surface area contributed by atoms with E-state index in [9.17, 15) is 18.5 Å². The smallest absolute Gasteiger partial charge is 0.295 e. The Hall–Kier alpha value is -4.32. The number of nitro groups is 1. The highest BCUT2D eigenvalue weighted by molar-refractivity contribution is 7.92. The monoisotopic (exact) mass is 498 g/mol. The zero-order chi connectivity index (χ0) is 25.0. The summed E-state index contributed by atoms with van der Waals surface area (Å²) in [7, 11) is -2.72. The van der Waals surface area contributed by atoms with Gasteiger partial charge in [-0.15, -0.1) is 0 Å². The topological polar surface area (TPSA) is 141 Å². The second-order valence-corrected chi connectivity index (χ2v) is 9.09. The fourth-order valence-corrected chi connectivity index (χ4v) is 4.42. The number of nitrogens with one attached hydrogen (secondary N) is 2. The molecule has 0 aliphatic carbocycles. The number of hydrogen-bond acceptors (Lipinski definition) is 9. The number of fused-ring (bicyclic) bond motifs is 1. The summed E-state index contributed by atoms with van der Waals surface area (Å²) >= 11 is 0. The second kappa shape index (κ2) is 9.89. The van der Waals surface area contributed by atoms with E-state index >= 15 is 0 Å². The summed E-state index contributed by atoms with van der Waals surface area (Å²) < 4.78 is 44.3. The zero-order valence-electron chi connectivity index (χ0n) is 18.8. The number of rotatable bonds is 8. The van der Waals surface area contributed by atoms with E-state index in [2.05, 4.69) is 15.2 Å². The van der Waals surface area contributed by atoms with Crippen LogP contribution in [0.25, 0.3) is 0 Å². The maximum absolute atomic E-state index is 12.9. The Labute approximate surface area is 201 Å². The molecule has 4 rings (SSSR count). The van der Waals surface area contributed by atoms with Gasteiger partial charge in [0.1, 0.15) is 24.7 Å². The highest BCUT2D eigenvalue weighted by Crippen LogP contribution is 2.32. The Bertz CT molecular complexity index is 1410. The van der Waals surface area contributed by atoms with Crippen molar-refractivity contribution in [3.05, 3.63) is 76.3 Å². The van der Waals surface area contributed by atoms with Crippen LogP contribution in [0.2, 0.25) is 0 Å². The molecule has 0 saturated heterocycles. The van der Waals surface area contributed by atoms with Crippen LogP contribution in [0.4, 0.5) is 17.1 Å². The van der Waals surface area contributed by atoms with Gasteiger partial charge in [0.05, 0.1) is 28.3 Å². The number of sulfonamides is 1. The number of nitro benzene ring substituents is 1. The summed E-state index contributed by atoms with van der Waals surface area (Å²) in [6, 6.07) is 15.3. The molecule has 0 spiro atoms. The highest BCUT2D eigenvalue weighted by atomic mass is 32.2. The van der Waals surface area contributed by atoms with Crippen molar-refractivity contribution in [2.75, 3.05) is 30.5 Å². The van der Waals surface area contributed by atoms with Crippen LogP contribution in [-0.2, 0) is 10.0 Å². The number of nitrogens with zero attached hydrogens (tertiary/aromatic N) is 2. The van der Waals surface area contributed by atoms with Gasteiger partial charge in [-0.3, -0.25) is 20.3 Å². The minimum absolute atomic E-state index is 0.0307. The molecule has 2 N–H and O–H groups in total. The van der Waals surface area contributed by atoms with Crippen molar-refractivity contribution >= 4 is 32.8 Å².